The van der Waals surface area contributed by atoms with Crippen LogP contribution in [-0.4, -0.2) is 18.1 Å². The smallest absolute Gasteiger partial charge is 0.198 e. The number of piperidine rings is 1. The van der Waals surface area contributed by atoms with Gasteiger partial charge in [-0.05, 0) is 38.1 Å². The average molecular weight is 275 g/mol. The Morgan fingerprint density at radius 1 is 1.12 bits per heavy atom. The molecule has 94 valence electrons. The maximum absolute atomic E-state index is 5.77. The highest BCUT2D eigenvalue weighted by molar-refractivity contribution is 5.85. The van der Waals surface area contributed by atoms with Crippen molar-refractivity contribution in [3.8, 4) is 0 Å². The minimum absolute atomic E-state index is 0. The Morgan fingerprint density at radius 2 is 1.82 bits per heavy atom. The number of para-hydroxylation sites is 2. The third-order valence-electron chi connectivity index (χ3n) is 3.00. The fourth-order valence-electron chi connectivity index (χ4n) is 2.13. The molecular weight excluding hydrogens is 259 g/mol. The van der Waals surface area contributed by atoms with E-state index in [0.717, 1.165) is 42.9 Å². The number of rotatable bonds is 1. The first-order valence-corrected chi connectivity index (χ1v) is 5.50. The molecule has 1 aliphatic rings. The van der Waals surface area contributed by atoms with Gasteiger partial charge in [-0.25, -0.2) is 4.98 Å². The molecule has 1 aliphatic heterocycles. The van der Waals surface area contributed by atoms with Gasteiger partial charge in [0.1, 0.15) is 5.52 Å². The van der Waals surface area contributed by atoms with Crippen molar-refractivity contribution in [2.45, 2.75) is 18.8 Å². The maximum atomic E-state index is 5.77. The Labute approximate surface area is 113 Å². The summed E-state index contributed by atoms with van der Waals surface area (Å²) in [6, 6.07) is 7.97. The van der Waals surface area contributed by atoms with Gasteiger partial charge >= 0.3 is 0 Å². The van der Waals surface area contributed by atoms with Crippen molar-refractivity contribution in [1.82, 2.24) is 10.3 Å². The van der Waals surface area contributed by atoms with Crippen molar-refractivity contribution >= 4 is 35.9 Å². The number of nitrogens with one attached hydrogen (secondary N) is 1. The predicted octanol–water partition coefficient (Wildman–Crippen LogP) is 3.14. The van der Waals surface area contributed by atoms with E-state index in [-0.39, 0.29) is 24.8 Å². The first-order chi connectivity index (χ1) is 7.43. The van der Waals surface area contributed by atoms with Gasteiger partial charge in [0.25, 0.3) is 0 Å². The Hall–Kier alpha value is -0.770. The van der Waals surface area contributed by atoms with Crippen LogP contribution < -0.4 is 5.32 Å². The van der Waals surface area contributed by atoms with Crippen LogP contribution in [0.5, 0.6) is 0 Å². The minimum Gasteiger partial charge on any atom is -0.440 e. The van der Waals surface area contributed by atoms with Crippen LogP contribution in [0.2, 0.25) is 0 Å². The number of halogens is 2. The first-order valence-electron chi connectivity index (χ1n) is 5.50. The fourth-order valence-corrected chi connectivity index (χ4v) is 2.13. The van der Waals surface area contributed by atoms with Crippen LogP contribution in [-0.2, 0) is 0 Å². The summed E-state index contributed by atoms with van der Waals surface area (Å²) in [5.74, 6) is 1.41. The zero-order valence-electron chi connectivity index (χ0n) is 9.39. The lowest BCUT2D eigenvalue weighted by atomic mass is 9.98. The molecule has 5 heteroatoms. The molecule has 1 saturated heterocycles. The maximum Gasteiger partial charge on any atom is 0.198 e. The molecule has 1 aromatic heterocycles. The van der Waals surface area contributed by atoms with Gasteiger partial charge < -0.3 is 9.73 Å². The molecule has 0 aliphatic carbocycles. The van der Waals surface area contributed by atoms with E-state index in [4.69, 9.17) is 4.42 Å². The molecule has 0 unspecified atom stereocenters. The second-order valence-corrected chi connectivity index (χ2v) is 4.04. The van der Waals surface area contributed by atoms with Gasteiger partial charge in [-0.3, -0.25) is 0 Å². The highest BCUT2D eigenvalue weighted by Crippen LogP contribution is 2.27. The molecule has 1 aromatic carbocycles. The summed E-state index contributed by atoms with van der Waals surface area (Å²) < 4.78 is 5.77. The monoisotopic (exact) mass is 274 g/mol. The number of fused-ring (bicyclic) bond motifs is 1. The van der Waals surface area contributed by atoms with E-state index in [1.54, 1.807) is 0 Å². The molecule has 2 heterocycles. The van der Waals surface area contributed by atoms with Gasteiger partial charge in [0.05, 0.1) is 0 Å². The topological polar surface area (TPSA) is 38.1 Å². The van der Waals surface area contributed by atoms with Gasteiger partial charge in [0.15, 0.2) is 11.5 Å². The van der Waals surface area contributed by atoms with E-state index in [0.29, 0.717) is 5.92 Å². The summed E-state index contributed by atoms with van der Waals surface area (Å²) in [6.45, 7) is 2.15. The van der Waals surface area contributed by atoms with Crippen LogP contribution in [0.4, 0.5) is 0 Å². The molecular formula is C12H16Cl2N2O. The van der Waals surface area contributed by atoms with Crippen molar-refractivity contribution in [3.63, 3.8) is 0 Å². The van der Waals surface area contributed by atoms with E-state index in [9.17, 15) is 0 Å². The van der Waals surface area contributed by atoms with Gasteiger partial charge in [-0.15, -0.1) is 24.8 Å². The molecule has 3 rings (SSSR count). The Kier molecular flexibility index (Phi) is 5.25. The molecule has 0 saturated carbocycles. The Morgan fingerprint density at radius 3 is 2.53 bits per heavy atom. The molecule has 0 spiro atoms. The summed E-state index contributed by atoms with van der Waals surface area (Å²) >= 11 is 0. The second kappa shape index (κ2) is 6.24. The molecule has 17 heavy (non-hydrogen) atoms. The van der Waals surface area contributed by atoms with E-state index in [2.05, 4.69) is 10.3 Å². The fraction of sp³-hybridized carbons (Fsp3) is 0.417. The molecule has 3 nitrogen and oxygen atoms in total. The van der Waals surface area contributed by atoms with Crippen LogP contribution in [0.1, 0.15) is 24.7 Å². The normalized spacial score (nSPS) is 16.2. The molecule has 0 amide bonds. The molecule has 1 N–H and O–H groups in total. The van der Waals surface area contributed by atoms with E-state index in [1.165, 1.54) is 0 Å². The molecule has 0 bridgehead atoms. The zero-order chi connectivity index (χ0) is 10.1. The van der Waals surface area contributed by atoms with Crippen molar-refractivity contribution < 1.29 is 4.42 Å². The summed E-state index contributed by atoms with van der Waals surface area (Å²) in [7, 11) is 0. The lowest BCUT2D eigenvalue weighted by Gasteiger charge is -2.19. The zero-order valence-corrected chi connectivity index (χ0v) is 11.0. The van der Waals surface area contributed by atoms with Gasteiger partial charge in [-0.2, -0.15) is 0 Å². The second-order valence-electron chi connectivity index (χ2n) is 4.04. The number of nitrogens with zero attached hydrogens (tertiary/aromatic N) is 1. The van der Waals surface area contributed by atoms with Crippen molar-refractivity contribution in [2.24, 2.45) is 0 Å². The minimum atomic E-state index is 0. The van der Waals surface area contributed by atoms with Crippen LogP contribution in [0.25, 0.3) is 11.1 Å². The summed E-state index contributed by atoms with van der Waals surface area (Å²) in [6.07, 6.45) is 2.26. The SMILES string of the molecule is Cl.Cl.c1ccc2oc(C3CCNCC3)nc2c1. The average Bonchev–Trinajstić information content (AvgIpc) is 2.74. The van der Waals surface area contributed by atoms with Crippen LogP contribution in [0.3, 0.4) is 0 Å². The van der Waals surface area contributed by atoms with E-state index >= 15 is 0 Å². The summed E-state index contributed by atoms with van der Waals surface area (Å²) in [5, 5.41) is 3.35. The van der Waals surface area contributed by atoms with E-state index < -0.39 is 0 Å². The third-order valence-corrected chi connectivity index (χ3v) is 3.00. The van der Waals surface area contributed by atoms with E-state index in [1.807, 2.05) is 24.3 Å². The molecule has 0 radical (unpaired) electrons. The third kappa shape index (κ3) is 2.92. The summed E-state index contributed by atoms with van der Waals surface area (Å²) in [4.78, 5) is 4.54. The first kappa shape index (κ1) is 14.3. The number of oxazole rings is 1. The molecule has 1 fully saturated rings. The number of benzene rings is 1. The molecule has 2 aromatic rings. The largest absolute Gasteiger partial charge is 0.440 e. The highest BCUT2D eigenvalue weighted by atomic mass is 35.5. The quantitative estimate of drug-likeness (QED) is 0.868. The van der Waals surface area contributed by atoms with Crippen molar-refractivity contribution in [2.75, 3.05) is 13.1 Å². The lowest BCUT2D eigenvalue weighted by Crippen LogP contribution is -2.26. The Balaban J connectivity index is 0.000000722. The van der Waals surface area contributed by atoms with Crippen molar-refractivity contribution in [3.05, 3.63) is 30.2 Å². The predicted molar refractivity (Wildman–Crippen MR) is 73.3 cm³/mol. The Bertz CT molecular complexity index is 433. The van der Waals surface area contributed by atoms with Crippen LogP contribution in [0.15, 0.2) is 28.7 Å². The summed E-state index contributed by atoms with van der Waals surface area (Å²) in [5.41, 5.74) is 1.89. The standard InChI is InChI=1S/C12H14N2O.2ClH/c1-2-4-11-10(3-1)14-12(15-11)9-5-7-13-8-6-9;;/h1-4,9,13H,5-8H2;2*1H. The lowest BCUT2D eigenvalue weighted by molar-refractivity contribution is 0.385. The van der Waals surface area contributed by atoms with Gasteiger partial charge in [0.2, 0.25) is 0 Å². The van der Waals surface area contributed by atoms with Gasteiger partial charge in [-0.1, -0.05) is 12.1 Å². The number of hydrogen-bond donors (Lipinski definition) is 1. The van der Waals surface area contributed by atoms with Crippen LogP contribution in [0, 0.1) is 0 Å². The number of hydrogen-bond acceptors (Lipinski definition) is 3. The van der Waals surface area contributed by atoms with Gasteiger partial charge in [0, 0.05) is 5.92 Å². The van der Waals surface area contributed by atoms with Crippen molar-refractivity contribution in [1.29, 1.82) is 0 Å². The number of aromatic nitrogens is 1. The molecule has 0 atom stereocenters. The highest BCUT2D eigenvalue weighted by Gasteiger charge is 2.20. The van der Waals surface area contributed by atoms with Crippen LogP contribution >= 0.6 is 24.8 Å².